The van der Waals surface area contributed by atoms with E-state index in [1.807, 2.05) is 38.1 Å². The monoisotopic (exact) mass is 365 g/mol. The topological polar surface area (TPSA) is 73.7 Å². The second kappa shape index (κ2) is 7.72. The van der Waals surface area contributed by atoms with Crippen molar-refractivity contribution < 1.29 is 14.7 Å². The lowest BCUT2D eigenvalue weighted by molar-refractivity contribution is -0.140. The Balaban J connectivity index is 2.12. The van der Waals surface area contributed by atoms with Crippen LogP contribution < -0.4 is 0 Å². The highest BCUT2D eigenvalue weighted by molar-refractivity contribution is 6.46. The number of aryl methyl sites for hydroxylation is 1. The fourth-order valence-electron chi connectivity index (χ4n) is 3.18. The van der Waals surface area contributed by atoms with Gasteiger partial charge in [0, 0.05) is 31.0 Å². The number of Topliss-reactive ketones (excluding diaryl/α,β-unsaturated/α-hetero) is 1. The van der Waals surface area contributed by atoms with Crippen LogP contribution in [0.5, 0.6) is 0 Å². The van der Waals surface area contributed by atoms with Crippen LogP contribution in [-0.4, -0.2) is 58.8 Å². The Morgan fingerprint density at radius 3 is 2.33 bits per heavy atom. The molecule has 1 aromatic carbocycles. The summed E-state index contributed by atoms with van der Waals surface area (Å²) >= 11 is 0. The first-order valence-corrected chi connectivity index (χ1v) is 8.80. The number of aromatic nitrogens is 1. The summed E-state index contributed by atoms with van der Waals surface area (Å²) in [5, 5.41) is 10.9. The van der Waals surface area contributed by atoms with E-state index in [4.69, 9.17) is 0 Å². The standard InChI is InChI=1S/C21H23N3O3/c1-14-4-6-16(7-5-14)19(25)17-18(15-8-10-22-11-9-15)24(13-12-23(2)3)21(27)20(17)26/h4-11,18,25H,12-13H2,1-3H3/b19-17-. The highest BCUT2D eigenvalue weighted by Crippen LogP contribution is 2.38. The Hall–Kier alpha value is -2.99. The molecule has 1 aliphatic heterocycles. The molecule has 0 saturated carbocycles. The molecular weight excluding hydrogens is 342 g/mol. The van der Waals surface area contributed by atoms with Crippen LogP contribution in [0.4, 0.5) is 0 Å². The Morgan fingerprint density at radius 2 is 1.74 bits per heavy atom. The summed E-state index contributed by atoms with van der Waals surface area (Å²) in [6, 6.07) is 10.1. The van der Waals surface area contributed by atoms with Gasteiger partial charge in [-0.1, -0.05) is 29.8 Å². The van der Waals surface area contributed by atoms with E-state index in [-0.39, 0.29) is 11.3 Å². The number of pyridine rings is 1. The fraction of sp³-hybridized carbons (Fsp3) is 0.286. The van der Waals surface area contributed by atoms with Gasteiger partial charge in [-0.25, -0.2) is 0 Å². The van der Waals surface area contributed by atoms with E-state index < -0.39 is 17.7 Å². The molecule has 0 spiro atoms. The van der Waals surface area contributed by atoms with Crippen LogP contribution in [0.2, 0.25) is 0 Å². The number of hydrogen-bond donors (Lipinski definition) is 1. The summed E-state index contributed by atoms with van der Waals surface area (Å²) in [7, 11) is 3.81. The van der Waals surface area contributed by atoms with Crippen LogP contribution in [0.1, 0.15) is 22.7 Å². The van der Waals surface area contributed by atoms with E-state index in [1.165, 1.54) is 4.90 Å². The maximum Gasteiger partial charge on any atom is 0.295 e. The normalized spacial score (nSPS) is 19.1. The first-order valence-electron chi connectivity index (χ1n) is 8.80. The summed E-state index contributed by atoms with van der Waals surface area (Å²) in [6.07, 6.45) is 3.24. The van der Waals surface area contributed by atoms with Gasteiger partial charge >= 0.3 is 0 Å². The summed E-state index contributed by atoms with van der Waals surface area (Å²) in [4.78, 5) is 33.0. The minimum absolute atomic E-state index is 0.119. The van der Waals surface area contributed by atoms with Crippen molar-refractivity contribution in [1.82, 2.24) is 14.8 Å². The van der Waals surface area contributed by atoms with Crippen molar-refractivity contribution in [2.75, 3.05) is 27.2 Å². The molecule has 1 amide bonds. The molecule has 6 nitrogen and oxygen atoms in total. The molecule has 1 aromatic heterocycles. The molecule has 140 valence electrons. The zero-order valence-corrected chi connectivity index (χ0v) is 15.7. The van der Waals surface area contributed by atoms with E-state index in [1.54, 1.807) is 36.7 Å². The Morgan fingerprint density at radius 1 is 1.11 bits per heavy atom. The van der Waals surface area contributed by atoms with Gasteiger partial charge in [0.1, 0.15) is 5.76 Å². The number of amides is 1. The van der Waals surface area contributed by atoms with Crippen LogP contribution in [0.3, 0.4) is 0 Å². The zero-order chi connectivity index (χ0) is 19.6. The molecule has 3 rings (SSSR count). The molecule has 1 saturated heterocycles. The number of likely N-dealkylation sites (N-methyl/N-ethyl adjacent to an activating group) is 1. The zero-order valence-electron chi connectivity index (χ0n) is 15.7. The molecule has 0 radical (unpaired) electrons. The lowest BCUT2D eigenvalue weighted by Gasteiger charge is -2.26. The molecule has 0 bridgehead atoms. The number of carbonyl (C=O) groups is 2. The smallest absolute Gasteiger partial charge is 0.295 e. The first kappa shape index (κ1) is 18.8. The van der Waals surface area contributed by atoms with Crippen molar-refractivity contribution in [3.8, 4) is 0 Å². The molecule has 1 aliphatic rings. The number of aliphatic hydroxyl groups is 1. The van der Waals surface area contributed by atoms with Crippen molar-refractivity contribution in [3.63, 3.8) is 0 Å². The number of carbonyl (C=O) groups excluding carboxylic acids is 2. The lowest BCUT2D eigenvalue weighted by Crippen LogP contribution is -2.35. The summed E-state index contributed by atoms with van der Waals surface area (Å²) in [5.41, 5.74) is 2.43. The molecule has 2 heterocycles. The van der Waals surface area contributed by atoms with Gasteiger partial charge in [0.15, 0.2) is 0 Å². The number of likely N-dealkylation sites (tertiary alicyclic amines) is 1. The van der Waals surface area contributed by atoms with E-state index in [0.29, 0.717) is 18.7 Å². The number of hydrogen-bond acceptors (Lipinski definition) is 5. The quantitative estimate of drug-likeness (QED) is 0.500. The molecule has 0 aliphatic carbocycles. The third kappa shape index (κ3) is 3.75. The molecule has 1 fully saturated rings. The maximum absolute atomic E-state index is 12.8. The Kier molecular flexibility index (Phi) is 5.37. The molecular formula is C21H23N3O3. The summed E-state index contributed by atoms with van der Waals surface area (Å²) in [5.74, 6) is -1.40. The van der Waals surface area contributed by atoms with Gasteiger partial charge < -0.3 is 14.9 Å². The maximum atomic E-state index is 12.8. The number of aliphatic hydroxyl groups excluding tert-OH is 1. The van der Waals surface area contributed by atoms with Crippen LogP contribution in [0.25, 0.3) is 5.76 Å². The van der Waals surface area contributed by atoms with Crippen LogP contribution >= 0.6 is 0 Å². The Bertz CT molecular complexity index is 873. The van der Waals surface area contributed by atoms with E-state index >= 15 is 0 Å². The third-order valence-electron chi connectivity index (χ3n) is 4.67. The van der Waals surface area contributed by atoms with E-state index in [0.717, 1.165) is 11.1 Å². The van der Waals surface area contributed by atoms with Gasteiger partial charge in [0.25, 0.3) is 11.7 Å². The van der Waals surface area contributed by atoms with E-state index in [9.17, 15) is 14.7 Å². The highest BCUT2D eigenvalue weighted by Gasteiger charge is 2.45. The molecule has 2 aromatic rings. The first-order chi connectivity index (χ1) is 12.9. The molecule has 1 atom stereocenters. The van der Waals surface area contributed by atoms with Gasteiger partial charge in [-0.3, -0.25) is 14.6 Å². The third-order valence-corrected chi connectivity index (χ3v) is 4.67. The van der Waals surface area contributed by atoms with Crippen LogP contribution in [0.15, 0.2) is 54.4 Å². The van der Waals surface area contributed by atoms with Gasteiger partial charge in [-0.15, -0.1) is 0 Å². The van der Waals surface area contributed by atoms with E-state index in [2.05, 4.69) is 4.98 Å². The van der Waals surface area contributed by atoms with Gasteiger partial charge in [-0.2, -0.15) is 0 Å². The minimum atomic E-state index is -0.659. The van der Waals surface area contributed by atoms with Crippen molar-refractivity contribution in [2.45, 2.75) is 13.0 Å². The van der Waals surface area contributed by atoms with Gasteiger partial charge in [0.2, 0.25) is 0 Å². The van der Waals surface area contributed by atoms with Crippen molar-refractivity contribution in [1.29, 1.82) is 0 Å². The predicted molar refractivity (Wildman–Crippen MR) is 103 cm³/mol. The average molecular weight is 365 g/mol. The average Bonchev–Trinajstić information content (AvgIpc) is 2.91. The number of benzene rings is 1. The minimum Gasteiger partial charge on any atom is -0.507 e. The summed E-state index contributed by atoms with van der Waals surface area (Å²) < 4.78 is 0. The lowest BCUT2D eigenvalue weighted by atomic mass is 9.95. The Labute approximate surface area is 158 Å². The molecule has 1 N–H and O–H groups in total. The summed E-state index contributed by atoms with van der Waals surface area (Å²) in [6.45, 7) is 2.94. The number of rotatable bonds is 5. The van der Waals surface area contributed by atoms with Crippen molar-refractivity contribution in [3.05, 3.63) is 71.1 Å². The van der Waals surface area contributed by atoms with Crippen molar-refractivity contribution in [2.24, 2.45) is 0 Å². The largest absolute Gasteiger partial charge is 0.507 e. The molecule has 27 heavy (non-hydrogen) atoms. The van der Waals surface area contributed by atoms with Crippen LogP contribution in [-0.2, 0) is 9.59 Å². The van der Waals surface area contributed by atoms with Crippen LogP contribution in [0, 0.1) is 6.92 Å². The second-order valence-electron chi connectivity index (χ2n) is 6.94. The SMILES string of the molecule is Cc1ccc(/C(O)=C2/C(=O)C(=O)N(CCN(C)C)C2c2ccncc2)cc1. The number of ketones is 1. The van der Waals surface area contributed by atoms with Gasteiger partial charge in [-0.05, 0) is 38.7 Å². The molecule has 1 unspecified atom stereocenters. The highest BCUT2D eigenvalue weighted by atomic mass is 16.3. The van der Waals surface area contributed by atoms with Crippen molar-refractivity contribution >= 4 is 17.4 Å². The fourth-order valence-corrected chi connectivity index (χ4v) is 3.18. The van der Waals surface area contributed by atoms with Gasteiger partial charge in [0.05, 0.1) is 11.6 Å². The predicted octanol–water partition coefficient (Wildman–Crippen LogP) is 2.37. The molecule has 6 heteroatoms. The second-order valence-corrected chi connectivity index (χ2v) is 6.94. The number of nitrogens with zero attached hydrogens (tertiary/aromatic N) is 3.